The number of alkyl halides is 3. The second kappa shape index (κ2) is 10.5. The molecule has 0 bridgehead atoms. The Morgan fingerprint density at radius 1 is 1.14 bits per heavy atom. The summed E-state index contributed by atoms with van der Waals surface area (Å²) in [5, 5.41) is 2.64. The van der Waals surface area contributed by atoms with Gasteiger partial charge in [0.1, 0.15) is 20.4 Å². The number of benzene rings is 2. The smallest absolute Gasteiger partial charge is 0.419 e. The summed E-state index contributed by atoms with van der Waals surface area (Å²) in [5.74, 6) is -0.662. The van der Waals surface area contributed by atoms with E-state index in [1.165, 1.54) is 13.0 Å². The van der Waals surface area contributed by atoms with E-state index in [1.807, 2.05) is 11.9 Å². The van der Waals surface area contributed by atoms with Crippen molar-refractivity contribution in [1.29, 1.82) is 0 Å². The largest absolute Gasteiger partial charge is 0.488 e. The van der Waals surface area contributed by atoms with Gasteiger partial charge in [-0.15, -0.1) is 11.3 Å². The molecule has 1 aromatic heterocycles. The quantitative estimate of drug-likeness (QED) is 0.366. The molecule has 3 aromatic rings. The first-order valence-corrected chi connectivity index (χ1v) is 13.8. The van der Waals surface area contributed by atoms with E-state index < -0.39 is 33.6 Å². The van der Waals surface area contributed by atoms with E-state index in [4.69, 9.17) is 16.3 Å². The van der Waals surface area contributed by atoms with Gasteiger partial charge in [0.25, 0.3) is 10.0 Å². The molecule has 2 heterocycles. The Hall–Kier alpha value is -2.80. The number of rotatable bonds is 7. The van der Waals surface area contributed by atoms with Crippen molar-refractivity contribution in [2.45, 2.75) is 29.8 Å². The number of thiophene rings is 1. The summed E-state index contributed by atoms with van der Waals surface area (Å²) in [6.45, 7) is 2.54. The molecule has 37 heavy (non-hydrogen) atoms. The predicted molar refractivity (Wildman–Crippen MR) is 138 cm³/mol. The molecule has 0 spiro atoms. The monoisotopic (exact) mass is 573 g/mol. The molecule has 13 heteroatoms. The molecule has 0 radical (unpaired) electrons. The number of amides is 1. The highest BCUT2D eigenvalue weighted by atomic mass is 35.5. The summed E-state index contributed by atoms with van der Waals surface area (Å²) in [6, 6.07) is 11.0. The summed E-state index contributed by atoms with van der Waals surface area (Å²) in [5.41, 5.74) is 0.614. The average molecular weight is 574 g/mol. The molecule has 1 saturated heterocycles. The van der Waals surface area contributed by atoms with Crippen LogP contribution in [0.3, 0.4) is 0 Å². The Morgan fingerprint density at radius 2 is 1.81 bits per heavy atom. The molecule has 2 aromatic carbocycles. The van der Waals surface area contributed by atoms with Gasteiger partial charge in [-0.05, 0) is 49.4 Å². The van der Waals surface area contributed by atoms with Crippen LogP contribution in [-0.4, -0.2) is 45.5 Å². The normalized spacial score (nSPS) is 16.5. The van der Waals surface area contributed by atoms with Gasteiger partial charge < -0.3 is 15.0 Å². The van der Waals surface area contributed by atoms with Crippen LogP contribution in [0.25, 0.3) is 11.1 Å². The highest BCUT2D eigenvalue weighted by Gasteiger charge is 2.36. The number of carbonyl (C=O) groups excluding carboxylic acids is 1. The molecule has 2 N–H and O–H groups in total. The lowest BCUT2D eigenvalue weighted by Gasteiger charge is -2.19. The van der Waals surface area contributed by atoms with Crippen molar-refractivity contribution < 1.29 is 31.1 Å². The van der Waals surface area contributed by atoms with Crippen LogP contribution >= 0.6 is 22.9 Å². The average Bonchev–Trinajstić information content (AvgIpc) is 3.38. The van der Waals surface area contributed by atoms with Gasteiger partial charge in [0, 0.05) is 37.3 Å². The summed E-state index contributed by atoms with van der Waals surface area (Å²) in [6.07, 6.45) is -4.54. The van der Waals surface area contributed by atoms with Crippen molar-refractivity contribution in [3.63, 3.8) is 0 Å². The van der Waals surface area contributed by atoms with E-state index >= 15 is 0 Å². The fourth-order valence-corrected chi connectivity index (χ4v) is 6.72. The fourth-order valence-electron chi connectivity index (χ4n) is 3.91. The third-order valence-corrected chi connectivity index (χ3v) is 8.84. The van der Waals surface area contributed by atoms with Crippen LogP contribution in [0, 0.1) is 0 Å². The lowest BCUT2D eigenvalue weighted by Crippen LogP contribution is -2.23. The minimum Gasteiger partial charge on any atom is -0.488 e. The van der Waals surface area contributed by atoms with E-state index in [2.05, 4.69) is 10.0 Å². The van der Waals surface area contributed by atoms with E-state index in [1.54, 1.807) is 24.3 Å². The summed E-state index contributed by atoms with van der Waals surface area (Å²) in [4.78, 5) is 13.1. The minimum absolute atomic E-state index is 0.0694. The van der Waals surface area contributed by atoms with Crippen molar-refractivity contribution >= 4 is 50.2 Å². The van der Waals surface area contributed by atoms with Crippen LogP contribution in [0.2, 0.25) is 4.34 Å². The number of carbonyl (C=O) groups is 1. The van der Waals surface area contributed by atoms with Crippen molar-refractivity contribution in [2.75, 3.05) is 30.2 Å². The fraction of sp³-hybridized carbons (Fsp3) is 0.292. The Bertz CT molecular complexity index is 1410. The summed E-state index contributed by atoms with van der Waals surface area (Å²) in [7, 11) is -2.32. The van der Waals surface area contributed by atoms with Crippen LogP contribution in [0.4, 0.5) is 24.5 Å². The second-order valence-electron chi connectivity index (χ2n) is 8.62. The lowest BCUT2D eigenvalue weighted by molar-refractivity contribution is -0.139. The Morgan fingerprint density at radius 3 is 2.41 bits per heavy atom. The first-order valence-electron chi connectivity index (χ1n) is 11.1. The maximum absolute atomic E-state index is 13.6. The van der Waals surface area contributed by atoms with E-state index in [0.29, 0.717) is 36.3 Å². The number of nitrogens with one attached hydrogen (secondary N) is 2. The summed E-state index contributed by atoms with van der Waals surface area (Å²) < 4.78 is 74.9. The SMILES string of the molecule is CC(=O)Nc1ccc(-c2cc(S(=O)(=O)Nc3ccc(C(F)(F)F)c(O[C@@H]4CCN(C)C4)c3)sc2Cl)cc1. The number of nitrogens with zero attached hydrogens (tertiary/aromatic N) is 1. The van der Waals surface area contributed by atoms with Crippen molar-refractivity contribution in [3.8, 4) is 16.9 Å². The molecule has 0 aliphatic carbocycles. The number of likely N-dealkylation sites (tertiary alicyclic amines) is 1. The molecule has 1 aliphatic rings. The first-order chi connectivity index (χ1) is 17.3. The molecule has 198 valence electrons. The third-order valence-electron chi connectivity index (χ3n) is 5.63. The Labute approximate surface area is 221 Å². The van der Waals surface area contributed by atoms with Gasteiger partial charge in [-0.2, -0.15) is 13.2 Å². The number of likely N-dealkylation sites (N-methyl/N-ethyl adjacent to an activating group) is 1. The van der Waals surface area contributed by atoms with Gasteiger partial charge >= 0.3 is 6.18 Å². The maximum atomic E-state index is 13.6. The Kier molecular flexibility index (Phi) is 7.75. The molecule has 1 amide bonds. The van der Waals surface area contributed by atoms with E-state index in [-0.39, 0.29) is 20.1 Å². The van der Waals surface area contributed by atoms with E-state index in [0.717, 1.165) is 29.5 Å². The Balaban J connectivity index is 1.58. The first kappa shape index (κ1) is 27.2. The molecule has 1 aliphatic heterocycles. The maximum Gasteiger partial charge on any atom is 0.419 e. The molecule has 4 rings (SSSR count). The third kappa shape index (κ3) is 6.56. The number of sulfonamides is 1. The zero-order chi connectivity index (χ0) is 27.0. The molecular formula is C24H23ClF3N3O4S2. The minimum atomic E-state index is -4.66. The van der Waals surface area contributed by atoms with Crippen molar-refractivity contribution in [3.05, 3.63) is 58.4 Å². The topological polar surface area (TPSA) is 87.7 Å². The van der Waals surface area contributed by atoms with Crippen LogP contribution in [0.15, 0.2) is 52.7 Å². The number of ether oxygens (including phenoxy) is 1. The standard InChI is InChI=1S/C24H23ClF3N3O4S2/c1-14(32)29-16-5-3-15(4-6-16)19-12-22(36-23(19)25)37(33,34)30-17-7-8-20(24(26,27)28)21(11-17)35-18-9-10-31(2)13-18/h3-8,11-12,18,30H,9-10,13H2,1-2H3,(H,29,32)/t18-/m1/s1. The number of anilines is 2. The van der Waals surface area contributed by atoms with E-state index in [9.17, 15) is 26.4 Å². The highest BCUT2D eigenvalue weighted by Crippen LogP contribution is 2.41. The zero-order valence-electron chi connectivity index (χ0n) is 19.7. The number of halogens is 4. The van der Waals surface area contributed by atoms with Gasteiger partial charge in [0.05, 0.1) is 11.3 Å². The molecule has 7 nitrogen and oxygen atoms in total. The van der Waals surface area contributed by atoms with Gasteiger partial charge in [-0.25, -0.2) is 8.42 Å². The van der Waals surface area contributed by atoms with Gasteiger partial charge in [-0.3, -0.25) is 9.52 Å². The predicted octanol–water partition coefficient (Wildman–Crippen LogP) is 5.93. The van der Waals surface area contributed by atoms with Crippen molar-refractivity contribution in [2.24, 2.45) is 0 Å². The van der Waals surface area contributed by atoms with Crippen LogP contribution < -0.4 is 14.8 Å². The zero-order valence-corrected chi connectivity index (χ0v) is 22.1. The van der Waals surface area contributed by atoms with Crippen LogP contribution in [0.5, 0.6) is 5.75 Å². The number of hydrogen-bond donors (Lipinski definition) is 2. The molecule has 1 atom stereocenters. The molecule has 1 fully saturated rings. The van der Waals surface area contributed by atoms with Gasteiger partial charge in [0.15, 0.2) is 0 Å². The lowest BCUT2D eigenvalue weighted by atomic mass is 10.1. The molecular weight excluding hydrogens is 551 g/mol. The van der Waals surface area contributed by atoms with Gasteiger partial charge in [0.2, 0.25) is 5.91 Å². The summed E-state index contributed by atoms with van der Waals surface area (Å²) >= 11 is 7.14. The van der Waals surface area contributed by atoms with Gasteiger partial charge in [-0.1, -0.05) is 23.7 Å². The molecule has 0 unspecified atom stereocenters. The molecule has 0 saturated carbocycles. The second-order valence-corrected chi connectivity index (χ2v) is 12.2. The van der Waals surface area contributed by atoms with Crippen LogP contribution in [0.1, 0.15) is 18.9 Å². The number of hydrogen-bond acceptors (Lipinski definition) is 6. The van der Waals surface area contributed by atoms with Crippen LogP contribution in [-0.2, 0) is 21.0 Å². The van der Waals surface area contributed by atoms with Crippen molar-refractivity contribution in [1.82, 2.24) is 4.90 Å². The highest BCUT2D eigenvalue weighted by molar-refractivity contribution is 7.94.